The predicted octanol–water partition coefficient (Wildman–Crippen LogP) is 3.07. The molecule has 2 fully saturated rings. The fourth-order valence-corrected chi connectivity index (χ4v) is 6.99. The van der Waals surface area contributed by atoms with Crippen LogP contribution in [0.5, 0.6) is 5.75 Å². The quantitative estimate of drug-likeness (QED) is 0.218. The van der Waals surface area contributed by atoms with Gasteiger partial charge in [-0.15, -0.1) is 0 Å². The highest BCUT2D eigenvalue weighted by Gasteiger charge is 2.92. The average molecular weight is 597 g/mol. The minimum absolute atomic E-state index is 0.0164. The van der Waals surface area contributed by atoms with Gasteiger partial charge < -0.3 is 24.8 Å². The van der Waals surface area contributed by atoms with Crippen molar-refractivity contribution in [2.24, 2.45) is 11.3 Å². The first kappa shape index (κ1) is 29.3. The molecule has 2 aromatic heterocycles. The lowest BCUT2D eigenvalue weighted by molar-refractivity contribution is -0.179. The molecule has 13 nitrogen and oxygen atoms in total. The van der Waals surface area contributed by atoms with E-state index >= 15 is 8.78 Å². The van der Waals surface area contributed by atoms with E-state index in [-0.39, 0.29) is 22.7 Å². The maximum Gasteiger partial charge on any atom is 0.459 e. The van der Waals surface area contributed by atoms with Crippen molar-refractivity contribution in [1.29, 1.82) is 0 Å². The number of esters is 1. The van der Waals surface area contributed by atoms with Gasteiger partial charge in [0.1, 0.15) is 23.6 Å². The van der Waals surface area contributed by atoms with E-state index in [0.717, 1.165) is 17.2 Å². The van der Waals surface area contributed by atoms with Crippen LogP contribution >= 0.6 is 7.75 Å². The number of benzene rings is 1. The molecule has 3 aromatic rings. The molecule has 1 aliphatic carbocycles. The van der Waals surface area contributed by atoms with Gasteiger partial charge in [-0.25, -0.2) is 28.3 Å². The number of nitrogen functional groups attached to an aromatic ring is 1. The molecule has 5 rings (SSSR count). The van der Waals surface area contributed by atoms with Crippen molar-refractivity contribution in [2.75, 3.05) is 18.9 Å². The third kappa shape index (κ3) is 4.65. The second kappa shape index (κ2) is 10.2. The van der Waals surface area contributed by atoms with Crippen molar-refractivity contribution < 1.29 is 41.8 Å². The number of carbonyl (C=O) groups excluding carboxylic acids is 1. The van der Waals surface area contributed by atoms with Gasteiger partial charge >= 0.3 is 19.6 Å². The van der Waals surface area contributed by atoms with Gasteiger partial charge in [0, 0.05) is 5.92 Å². The molecule has 1 aliphatic heterocycles. The molecule has 1 aromatic carbocycles. The molecule has 222 valence electrons. The number of nitrogens with zero attached hydrogens (tertiary/aromatic N) is 4. The third-order valence-electron chi connectivity index (χ3n) is 7.65. The van der Waals surface area contributed by atoms with Crippen molar-refractivity contribution in [1.82, 2.24) is 24.6 Å². The first-order valence-corrected chi connectivity index (χ1v) is 14.4. The van der Waals surface area contributed by atoms with Crippen molar-refractivity contribution in [3.8, 4) is 5.75 Å². The van der Waals surface area contributed by atoms with Crippen molar-refractivity contribution in [2.45, 2.75) is 57.6 Å². The molecular weight excluding hydrogens is 565 g/mol. The number of alkyl halides is 2. The third-order valence-corrected chi connectivity index (χ3v) is 9.29. The lowest BCUT2D eigenvalue weighted by Crippen LogP contribution is -2.41. The number of hydrogen-bond donors (Lipinski definition) is 3. The predicted molar refractivity (Wildman–Crippen MR) is 141 cm³/mol. The number of fused-ring (bicyclic) bond motifs is 2. The average Bonchev–Trinajstić information content (AvgIpc) is 3.12. The van der Waals surface area contributed by atoms with Crippen LogP contribution in [0.15, 0.2) is 43.0 Å². The number of ether oxygens (including phenoxy) is 2. The molecule has 4 N–H and O–H groups in total. The fourth-order valence-electron chi connectivity index (χ4n) is 5.49. The second-order valence-corrected chi connectivity index (χ2v) is 12.2. The molecule has 3 heterocycles. The van der Waals surface area contributed by atoms with Crippen molar-refractivity contribution in [3.63, 3.8) is 0 Å². The van der Waals surface area contributed by atoms with Gasteiger partial charge in [-0.2, -0.15) is 5.09 Å². The van der Waals surface area contributed by atoms with Crippen LogP contribution in [0.3, 0.4) is 0 Å². The van der Waals surface area contributed by atoms with Crippen LogP contribution in [0.1, 0.15) is 33.9 Å². The van der Waals surface area contributed by atoms with Gasteiger partial charge in [-0.05, 0) is 39.8 Å². The van der Waals surface area contributed by atoms with Gasteiger partial charge in [0.2, 0.25) is 6.23 Å². The number of nitrogens with two attached hydrogens (primary N) is 1. The van der Waals surface area contributed by atoms with Gasteiger partial charge in [0.05, 0.1) is 36.7 Å². The minimum atomic E-state index is -4.34. The Labute approximate surface area is 233 Å². The Morgan fingerprint density at radius 1 is 1.24 bits per heavy atom. The molecule has 0 bridgehead atoms. The van der Waals surface area contributed by atoms with Gasteiger partial charge in [0.15, 0.2) is 11.5 Å². The zero-order chi connectivity index (χ0) is 29.8. The number of hydrogen-bond acceptors (Lipinski definition) is 11. The SMILES string of the molecule is CC(C)OC(=O)[C@H](C)NP(=O)(OC[C@H]1C2(C)O[C@@H](n3cnc4c(N)ncnc43)C(F)(F)C12CO)Oc1ccccc1. The standard InChI is InChI=1S/C25H31F2N6O7P/c1-14(2)38-21(35)15(3)32-41(36,40-16-8-6-5-7-9-16)37-10-17-23(4)24(17,11-34)25(26,27)22(39-23)33-13-31-18-19(28)29-12-30-20(18)33/h5-9,12-15,17,22,34H,10-11H2,1-4H3,(H,32,36)(H2,28,29,30)/t15-,17-,22+,23?,24?,41?/m0/s1. The Balaban J connectivity index is 1.39. The molecule has 0 radical (unpaired) electrons. The first-order valence-electron chi connectivity index (χ1n) is 12.9. The summed E-state index contributed by atoms with van der Waals surface area (Å²) in [6, 6.07) is 6.90. The second-order valence-electron chi connectivity index (χ2n) is 10.5. The Kier molecular flexibility index (Phi) is 7.31. The summed E-state index contributed by atoms with van der Waals surface area (Å²) < 4.78 is 69.5. The number of aliphatic hydroxyl groups is 1. The number of aromatic nitrogens is 4. The first-order chi connectivity index (χ1) is 19.3. The number of halogens is 2. The van der Waals surface area contributed by atoms with E-state index in [1.54, 1.807) is 32.0 Å². The summed E-state index contributed by atoms with van der Waals surface area (Å²) in [7, 11) is -4.34. The fraction of sp³-hybridized carbons (Fsp3) is 0.520. The van der Waals surface area contributed by atoms with Crippen molar-refractivity contribution in [3.05, 3.63) is 43.0 Å². The summed E-state index contributed by atoms with van der Waals surface area (Å²) in [5.74, 6) is -5.29. The van der Waals surface area contributed by atoms with Crippen molar-refractivity contribution >= 4 is 30.7 Å². The smallest absolute Gasteiger partial charge is 0.459 e. The zero-order valence-electron chi connectivity index (χ0n) is 22.7. The number of rotatable bonds is 11. The molecule has 1 saturated heterocycles. The van der Waals surface area contributed by atoms with E-state index in [9.17, 15) is 14.5 Å². The maximum atomic E-state index is 16.1. The van der Waals surface area contributed by atoms with Gasteiger partial charge in [-0.3, -0.25) is 13.9 Å². The lowest BCUT2D eigenvalue weighted by atomic mass is 9.94. The molecule has 1 saturated carbocycles. The zero-order valence-corrected chi connectivity index (χ0v) is 23.6. The Hall–Kier alpha value is -3.23. The summed E-state index contributed by atoms with van der Waals surface area (Å²) in [6.45, 7) is 4.63. The minimum Gasteiger partial charge on any atom is -0.462 e. The molecular formula is C25H31F2N6O7P. The Morgan fingerprint density at radius 2 is 1.95 bits per heavy atom. The summed E-state index contributed by atoms with van der Waals surface area (Å²) in [4.78, 5) is 24.3. The summed E-state index contributed by atoms with van der Waals surface area (Å²) in [5, 5.41) is 12.8. The van der Waals surface area contributed by atoms with Crippen LogP contribution < -0.4 is 15.3 Å². The highest BCUT2D eigenvalue weighted by molar-refractivity contribution is 7.52. The highest BCUT2D eigenvalue weighted by Crippen LogP contribution is 2.79. The van der Waals surface area contributed by atoms with E-state index in [0.29, 0.717) is 0 Å². The highest BCUT2D eigenvalue weighted by atomic mass is 31.2. The lowest BCUT2D eigenvalue weighted by Gasteiger charge is -2.30. The van der Waals surface area contributed by atoms with E-state index in [4.69, 9.17) is 24.3 Å². The Bertz CT molecular complexity index is 1490. The van der Waals surface area contributed by atoms with Crippen LogP contribution in [-0.2, 0) is 23.4 Å². The largest absolute Gasteiger partial charge is 0.462 e. The molecule has 3 unspecified atom stereocenters. The number of carbonyl (C=O) groups is 1. The number of imidazole rings is 1. The number of nitrogens with one attached hydrogen (secondary N) is 1. The van der Waals surface area contributed by atoms with Gasteiger partial charge in [-0.1, -0.05) is 18.2 Å². The molecule has 0 spiro atoms. The van der Waals surface area contributed by atoms with E-state index in [2.05, 4.69) is 20.0 Å². The monoisotopic (exact) mass is 596 g/mol. The van der Waals surface area contributed by atoms with Crippen LogP contribution in [0.25, 0.3) is 11.2 Å². The molecule has 0 amide bonds. The van der Waals surface area contributed by atoms with Crippen LogP contribution in [0, 0.1) is 11.3 Å². The van der Waals surface area contributed by atoms with Crippen LogP contribution in [-0.4, -0.2) is 67.5 Å². The summed E-state index contributed by atoms with van der Waals surface area (Å²) >= 11 is 0. The maximum absolute atomic E-state index is 16.1. The van der Waals surface area contributed by atoms with E-state index in [1.807, 2.05) is 0 Å². The molecule has 6 atom stereocenters. The topological polar surface area (TPSA) is 173 Å². The van der Waals surface area contributed by atoms with Crippen LogP contribution in [0.4, 0.5) is 14.6 Å². The molecule has 2 aliphatic rings. The Morgan fingerprint density at radius 3 is 2.59 bits per heavy atom. The molecule has 41 heavy (non-hydrogen) atoms. The van der Waals surface area contributed by atoms with Crippen LogP contribution in [0.2, 0.25) is 0 Å². The van der Waals surface area contributed by atoms with E-state index < -0.39 is 68.2 Å². The number of aliphatic hydroxyl groups excluding tert-OH is 1. The van der Waals surface area contributed by atoms with Gasteiger partial charge in [0.25, 0.3) is 0 Å². The number of anilines is 1. The van der Waals surface area contributed by atoms with E-state index in [1.165, 1.54) is 26.0 Å². The summed E-state index contributed by atoms with van der Waals surface area (Å²) in [6.07, 6.45) is -0.0479. The summed E-state index contributed by atoms with van der Waals surface area (Å²) in [5.41, 5.74) is 2.28. The number of para-hydroxylation sites is 1. The molecule has 16 heteroatoms. The normalized spacial score (nSPS) is 28.7.